The summed E-state index contributed by atoms with van der Waals surface area (Å²) in [7, 11) is 1.77. The molecule has 1 saturated heterocycles. The van der Waals surface area contributed by atoms with Gasteiger partial charge in [0.1, 0.15) is 5.82 Å². The Labute approximate surface area is 112 Å². The molecule has 0 unspecified atom stereocenters. The lowest BCUT2D eigenvalue weighted by atomic mass is 9.97. The largest absolute Gasteiger partial charge is 0.379 e. The molecular weight excluding hydrogens is 247 g/mol. The van der Waals surface area contributed by atoms with E-state index in [9.17, 15) is 9.18 Å². The quantitative estimate of drug-likeness (QED) is 0.888. The Morgan fingerprint density at radius 3 is 2.74 bits per heavy atom. The van der Waals surface area contributed by atoms with Gasteiger partial charge in [0.25, 0.3) is 0 Å². The van der Waals surface area contributed by atoms with Gasteiger partial charge in [-0.2, -0.15) is 0 Å². The van der Waals surface area contributed by atoms with E-state index in [0.717, 1.165) is 12.0 Å². The number of hydrogen-bond acceptors (Lipinski definition) is 3. The van der Waals surface area contributed by atoms with E-state index in [-0.39, 0.29) is 24.3 Å². The van der Waals surface area contributed by atoms with Gasteiger partial charge in [-0.15, -0.1) is 0 Å². The first-order valence-electron chi connectivity index (χ1n) is 6.43. The van der Waals surface area contributed by atoms with Crippen molar-refractivity contribution in [3.05, 3.63) is 35.6 Å². The molecule has 1 fully saturated rings. The molecule has 2 atom stereocenters. The van der Waals surface area contributed by atoms with Gasteiger partial charge in [-0.1, -0.05) is 12.1 Å². The summed E-state index contributed by atoms with van der Waals surface area (Å²) in [5.74, 6) is -0.777. The standard InChI is InChI=1S/C14H19FN2O2/c1-17(12-6-7-19-9-12)14(18)13(8-16)10-2-4-11(15)5-3-10/h2-5,12-13H,6-9,16H2,1H3/t12-,13-/m1/s1. The number of ether oxygens (including phenoxy) is 1. The summed E-state index contributed by atoms with van der Waals surface area (Å²) < 4.78 is 18.2. The summed E-state index contributed by atoms with van der Waals surface area (Å²) >= 11 is 0. The number of nitrogens with zero attached hydrogens (tertiary/aromatic N) is 1. The third-order valence-corrected chi connectivity index (χ3v) is 3.61. The third-order valence-electron chi connectivity index (χ3n) is 3.61. The highest BCUT2D eigenvalue weighted by Crippen LogP contribution is 2.21. The van der Waals surface area contributed by atoms with Crippen molar-refractivity contribution in [1.82, 2.24) is 4.90 Å². The van der Waals surface area contributed by atoms with Gasteiger partial charge in [0, 0.05) is 20.2 Å². The molecule has 1 aromatic rings. The van der Waals surface area contributed by atoms with E-state index >= 15 is 0 Å². The maximum atomic E-state index is 12.9. The van der Waals surface area contributed by atoms with E-state index in [1.165, 1.54) is 12.1 Å². The van der Waals surface area contributed by atoms with Crippen LogP contribution in [0.3, 0.4) is 0 Å². The minimum atomic E-state index is -0.425. The number of nitrogens with two attached hydrogens (primary N) is 1. The molecule has 5 heteroatoms. The second-order valence-electron chi connectivity index (χ2n) is 4.81. The zero-order chi connectivity index (χ0) is 13.8. The predicted octanol–water partition coefficient (Wildman–Crippen LogP) is 1.12. The van der Waals surface area contributed by atoms with E-state index in [1.54, 1.807) is 24.1 Å². The molecule has 1 amide bonds. The lowest BCUT2D eigenvalue weighted by Gasteiger charge is -2.27. The summed E-state index contributed by atoms with van der Waals surface area (Å²) in [6.07, 6.45) is 0.850. The lowest BCUT2D eigenvalue weighted by Crippen LogP contribution is -2.42. The topological polar surface area (TPSA) is 55.6 Å². The normalized spacial score (nSPS) is 20.3. The molecule has 104 valence electrons. The van der Waals surface area contributed by atoms with Crippen LogP contribution >= 0.6 is 0 Å². The second kappa shape index (κ2) is 6.12. The molecule has 0 bridgehead atoms. The highest BCUT2D eigenvalue weighted by atomic mass is 19.1. The fourth-order valence-electron chi connectivity index (χ4n) is 2.33. The van der Waals surface area contributed by atoms with E-state index in [2.05, 4.69) is 0 Å². The fourth-order valence-corrected chi connectivity index (χ4v) is 2.33. The highest BCUT2D eigenvalue weighted by molar-refractivity contribution is 5.84. The van der Waals surface area contributed by atoms with Crippen LogP contribution < -0.4 is 5.73 Å². The molecule has 2 rings (SSSR count). The number of halogens is 1. The SMILES string of the molecule is CN(C(=O)[C@H](CN)c1ccc(F)cc1)[C@@H]1CCOC1. The summed E-state index contributed by atoms with van der Waals surface area (Å²) in [5, 5.41) is 0. The minimum Gasteiger partial charge on any atom is -0.379 e. The number of carbonyl (C=O) groups excluding carboxylic acids is 1. The molecule has 4 nitrogen and oxygen atoms in total. The van der Waals surface area contributed by atoms with Crippen molar-refractivity contribution in [2.24, 2.45) is 5.73 Å². The van der Waals surface area contributed by atoms with Crippen LogP contribution in [0.4, 0.5) is 4.39 Å². The Kier molecular flexibility index (Phi) is 4.50. The number of hydrogen-bond donors (Lipinski definition) is 1. The number of benzene rings is 1. The van der Waals surface area contributed by atoms with Crippen LogP contribution in [0.25, 0.3) is 0 Å². The van der Waals surface area contributed by atoms with Crippen LogP contribution in [0.5, 0.6) is 0 Å². The van der Waals surface area contributed by atoms with Gasteiger partial charge in [0.2, 0.25) is 5.91 Å². The van der Waals surface area contributed by atoms with E-state index < -0.39 is 5.92 Å². The molecule has 2 N–H and O–H groups in total. The van der Waals surface area contributed by atoms with Crippen LogP contribution in [0.1, 0.15) is 17.9 Å². The van der Waals surface area contributed by atoms with Crippen molar-refractivity contribution in [2.45, 2.75) is 18.4 Å². The summed E-state index contributed by atoms with van der Waals surface area (Å²) in [6, 6.07) is 6.04. The van der Waals surface area contributed by atoms with Crippen LogP contribution in [0, 0.1) is 5.82 Å². The van der Waals surface area contributed by atoms with Gasteiger partial charge in [-0.3, -0.25) is 4.79 Å². The highest BCUT2D eigenvalue weighted by Gasteiger charge is 2.29. The Bertz CT molecular complexity index is 430. The van der Waals surface area contributed by atoms with Crippen molar-refractivity contribution >= 4 is 5.91 Å². The van der Waals surface area contributed by atoms with Gasteiger partial charge in [0.15, 0.2) is 0 Å². The monoisotopic (exact) mass is 266 g/mol. The molecule has 19 heavy (non-hydrogen) atoms. The first kappa shape index (κ1) is 14.0. The van der Waals surface area contributed by atoms with Crippen molar-refractivity contribution in [2.75, 3.05) is 26.8 Å². The van der Waals surface area contributed by atoms with Crippen molar-refractivity contribution in [3.63, 3.8) is 0 Å². The fraction of sp³-hybridized carbons (Fsp3) is 0.500. The molecule has 0 aliphatic carbocycles. The molecule has 1 aliphatic heterocycles. The smallest absolute Gasteiger partial charge is 0.231 e. The number of amides is 1. The summed E-state index contributed by atoms with van der Waals surface area (Å²) in [4.78, 5) is 14.1. The summed E-state index contributed by atoms with van der Waals surface area (Å²) in [5.41, 5.74) is 6.46. The predicted molar refractivity (Wildman–Crippen MR) is 70.2 cm³/mol. The Hall–Kier alpha value is -1.46. The van der Waals surface area contributed by atoms with Gasteiger partial charge in [-0.25, -0.2) is 4.39 Å². The molecule has 0 spiro atoms. The van der Waals surface area contributed by atoms with Gasteiger partial charge >= 0.3 is 0 Å². The maximum Gasteiger partial charge on any atom is 0.231 e. The first-order valence-corrected chi connectivity index (χ1v) is 6.43. The van der Waals surface area contributed by atoms with E-state index in [0.29, 0.717) is 13.2 Å². The number of carbonyl (C=O) groups is 1. The van der Waals surface area contributed by atoms with Crippen molar-refractivity contribution in [1.29, 1.82) is 0 Å². The Balaban J connectivity index is 2.12. The zero-order valence-electron chi connectivity index (χ0n) is 11.0. The summed E-state index contributed by atoms with van der Waals surface area (Å²) in [6.45, 7) is 1.47. The van der Waals surface area contributed by atoms with E-state index in [1.807, 2.05) is 0 Å². The molecule has 0 aromatic heterocycles. The molecule has 1 aromatic carbocycles. The van der Waals surface area contributed by atoms with Gasteiger partial charge in [0.05, 0.1) is 18.6 Å². The maximum absolute atomic E-state index is 12.9. The minimum absolute atomic E-state index is 0.0374. The number of likely N-dealkylation sites (N-methyl/N-ethyl adjacent to an activating group) is 1. The first-order chi connectivity index (χ1) is 9.13. The molecule has 0 radical (unpaired) electrons. The number of rotatable bonds is 4. The van der Waals surface area contributed by atoms with Gasteiger partial charge < -0.3 is 15.4 Å². The Morgan fingerprint density at radius 1 is 1.53 bits per heavy atom. The van der Waals surface area contributed by atoms with Gasteiger partial charge in [-0.05, 0) is 24.1 Å². The van der Waals surface area contributed by atoms with Crippen LogP contribution in [0.2, 0.25) is 0 Å². The molecule has 0 saturated carbocycles. The van der Waals surface area contributed by atoms with Crippen LogP contribution in [0.15, 0.2) is 24.3 Å². The molecule has 1 heterocycles. The lowest BCUT2D eigenvalue weighted by molar-refractivity contribution is -0.133. The van der Waals surface area contributed by atoms with Crippen LogP contribution in [-0.4, -0.2) is 43.7 Å². The third kappa shape index (κ3) is 3.11. The van der Waals surface area contributed by atoms with Crippen LogP contribution in [-0.2, 0) is 9.53 Å². The second-order valence-corrected chi connectivity index (χ2v) is 4.81. The van der Waals surface area contributed by atoms with E-state index in [4.69, 9.17) is 10.5 Å². The average molecular weight is 266 g/mol. The van der Waals surface area contributed by atoms with Crippen molar-refractivity contribution in [3.8, 4) is 0 Å². The van der Waals surface area contributed by atoms with Crippen molar-refractivity contribution < 1.29 is 13.9 Å². The average Bonchev–Trinajstić information content (AvgIpc) is 2.94. The Morgan fingerprint density at radius 2 is 2.21 bits per heavy atom. The molecular formula is C14H19FN2O2. The molecule has 1 aliphatic rings. The zero-order valence-corrected chi connectivity index (χ0v) is 11.0.